The summed E-state index contributed by atoms with van der Waals surface area (Å²) in [5.41, 5.74) is 5.30. The minimum absolute atomic E-state index is 0.0318. The van der Waals surface area contributed by atoms with Crippen LogP contribution in [0.5, 0.6) is 0 Å². The fraction of sp³-hybridized carbons (Fsp3) is 0.357. The average molecular weight is 513 g/mol. The summed E-state index contributed by atoms with van der Waals surface area (Å²) in [6.07, 6.45) is 7.61. The molecule has 0 saturated carbocycles. The van der Waals surface area contributed by atoms with E-state index in [1.165, 1.54) is 0 Å². The minimum Gasteiger partial charge on any atom is -0.347 e. The zero-order chi connectivity index (χ0) is 26.1. The Kier molecular flexibility index (Phi) is 6.55. The number of aromatic amines is 2. The van der Waals surface area contributed by atoms with Gasteiger partial charge in [-0.25, -0.2) is 9.78 Å². The molecule has 0 radical (unpaired) electrons. The van der Waals surface area contributed by atoms with Crippen molar-refractivity contribution >= 4 is 28.5 Å². The predicted octanol–water partition coefficient (Wildman–Crippen LogP) is 3.51. The molecule has 4 heterocycles. The summed E-state index contributed by atoms with van der Waals surface area (Å²) < 4.78 is 0. The standard InChI is InChI=1S/C28H32N8O2/c1-18-12-19(13-21-15-31-34-26(18)21)14-24(27-29-8-9-30-27)32-25(37)17-35-10-6-22(7-11-35)36-16-20-4-2-3-5-23(20)33-28(36)38/h2-5,8-9,12-13,15,22,24H,6-7,10-11,14,16-17H2,1H3,(H,29,30)(H,31,34)(H,32,37)(H,33,38). The van der Waals surface area contributed by atoms with Gasteiger partial charge in [-0.15, -0.1) is 0 Å². The minimum atomic E-state index is -0.268. The van der Waals surface area contributed by atoms with Crippen molar-refractivity contribution in [3.05, 3.63) is 77.5 Å². The van der Waals surface area contributed by atoms with Crippen LogP contribution in [0.4, 0.5) is 10.5 Å². The van der Waals surface area contributed by atoms with Crippen molar-refractivity contribution in [2.24, 2.45) is 0 Å². The van der Waals surface area contributed by atoms with Gasteiger partial charge in [-0.3, -0.25) is 14.8 Å². The lowest BCUT2D eigenvalue weighted by atomic mass is 10.0. The summed E-state index contributed by atoms with van der Waals surface area (Å²) in [5.74, 6) is 0.703. The van der Waals surface area contributed by atoms with Crippen LogP contribution in [-0.4, -0.2) is 67.6 Å². The lowest BCUT2D eigenvalue weighted by Gasteiger charge is -2.40. The zero-order valence-corrected chi connectivity index (χ0v) is 21.4. The van der Waals surface area contributed by atoms with Crippen molar-refractivity contribution in [3.63, 3.8) is 0 Å². The first-order chi connectivity index (χ1) is 18.5. The van der Waals surface area contributed by atoms with Crippen LogP contribution >= 0.6 is 0 Å². The second-order valence-electron chi connectivity index (χ2n) is 10.3. The van der Waals surface area contributed by atoms with E-state index in [2.05, 4.69) is 60.8 Å². The zero-order valence-electron chi connectivity index (χ0n) is 21.4. The number of H-pyrrole nitrogens is 2. The fourth-order valence-corrected chi connectivity index (χ4v) is 5.70. The van der Waals surface area contributed by atoms with Gasteiger partial charge in [0.1, 0.15) is 5.82 Å². The highest BCUT2D eigenvalue weighted by Gasteiger charge is 2.32. The Morgan fingerprint density at radius 2 is 2.05 bits per heavy atom. The number of imidazole rings is 1. The molecule has 4 N–H and O–H groups in total. The largest absolute Gasteiger partial charge is 0.347 e. The van der Waals surface area contributed by atoms with Gasteiger partial charge in [0.05, 0.1) is 24.3 Å². The van der Waals surface area contributed by atoms with Gasteiger partial charge in [-0.2, -0.15) is 5.10 Å². The van der Waals surface area contributed by atoms with E-state index >= 15 is 0 Å². The highest BCUT2D eigenvalue weighted by Crippen LogP contribution is 2.28. The molecule has 2 aromatic heterocycles. The monoisotopic (exact) mass is 512 g/mol. The molecule has 0 spiro atoms. The normalized spacial score (nSPS) is 17.3. The highest BCUT2D eigenvalue weighted by atomic mass is 16.2. The van der Waals surface area contributed by atoms with Gasteiger partial charge < -0.3 is 20.5 Å². The predicted molar refractivity (Wildman–Crippen MR) is 144 cm³/mol. The van der Waals surface area contributed by atoms with Gasteiger partial charge in [0, 0.05) is 49.1 Å². The number of anilines is 1. The summed E-state index contributed by atoms with van der Waals surface area (Å²) in [7, 11) is 0. The smallest absolute Gasteiger partial charge is 0.322 e. The van der Waals surface area contributed by atoms with Crippen LogP contribution in [0.3, 0.4) is 0 Å². The number of piperidine rings is 1. The van der Waals surface area contributed by atoms with Crippen molar-refractivity contribution in [3.8, 4) is 0 Å². The molecule has 6 rings (SSSR count). The molecule has 0 bridgehead atoms. The molecule has 2 aliphatic rings. The number of fused-ring (bicyclic) bond motifs is 2. The Balaban J connectivity index is 1.06. The SMILES string of the molecule is Cc1cc(CC(NC(=O)CN2CCC(N3Cc4ccccc4NC3=O)CC2)c2ncc[nH]2)cc2cn[nH]c12. The lowest BCUT2D eigenvalue weighted by molar-refractivity contribution is -0.123. The fourth-order valence-electron chi connectivity index (χ4n) is 5.70. The Bertz CT molecular complexity index is 1440. The molecule has 4 aromatic rings. The Hall–Kier alpha value is -4.18. The molecule has 2 aliphatic heterocycles. The van der Waals surface area contributed by atoms with Gasteiger partial charge in [-0.1, -0.05) is 24.3 Å². The number of para-hydroxylation sites is 1. The molecule has 2 aromatic carbocycles. The average Bonchev–Trinajstić information content (AvgIpc) is 3.61. The van der Waals surface area contributed by atoms with E-state index in [-0.39, 0.29) is 24.0 Å². The van der Waals surface area contributed by atoms with Gasteiger partial charge in [0.25, 0.3) is 0 Å². The Labute approximate surface area is 220 Å². The van der Waals surface area contributed by atoms with E-state index in [4.69, 9.17) is 0 Å². The molecular formula is C28H32N8O2. The van der Waals surface area contributed by atoms with Crippen molar-refractivity contribution in [1.82, 2.24) is 35.3 Å². The molecular weight excluding hydrogens is 480 g/mol. The van der Waals surface area contributed by atoms with E-state index in [0.29, 0.717) is 19.5 Å². The van der Waals surface area contributed by atoms with Crippen LogP contribution in [-0.2, 0) is 17.8 Å². The van der Waals surface area contributed by atoms with Crippen LogP contribution < -0.4 is 10.6 Å². The highest BCUT2D eigenvalue weighted by molar-refractivity contribution is 5.92. The van der Waals surface area contributed by atoms with Gasteiger partial charge >= 0.3 is 6.03 Å². The maximum Gasteiger partial charge on any atom is 0.322 e. The molecule has 10 nitrogen and oxygen atoms in total. The van der Waals surface area contributed by atoms with E-state index in [0.717, 1.165) is 65.0 Å². The van der Waals surface area contributed by atoms with E-state index in [1.54, 1.807) is 12.4 Å². The summed E-state index contributed by atoms with van der Waals surface area (Å²) in [4.78, 5) is 37.5. The van der Waals surface area contributed by atoms with Crippen LogP contribution in [0.15, 0.2) is 55.0 Å². The number of nitrogens with one attached hydrogen (secondary N) is 4. The molecule has 10 heteroatoms. The van der Waals surface area contributed by atoms with E-state index in [1.807, 2.05) is 29.3 Å². The number of aromatic nitrogens is 4. The molecule has 196 valence electrons. The van der Waals surface area contributed by atoms with Crippen molar-refractivity contribution in [1.29, 1.82) is 0 Å². The second-order valence-corrected chi connectivity index (χ2v) is 10.3. The van der Waals surface area contributed by atoms with E-state index in [9.17, 15) is 9.59 Å². The van der Waals surface area contributed by atoms with Gasteiger partial charge in [-0.05, 0) is 55.0 Å². The Morgan fingerprint density at radius 1 is 1.21 bits per heavy atom. The first-order valence-corrected chi connectivity index (χ1v) is 13.1. The topological polar surface area (TPSA) is 122 Å². The number of nitrogens with zero attached hydrogens (tertiary/aromatic N) is 4. The molecule has 1 atom stereocenters. The van der Waals surface area contributed by atoms with Crippen LogP contribution in [0, 0.1) is 6.92 Å². The third kappa shape index (κ3) is 4.99. The van der Waals surface area contributed by atoms with Crippen LogP contribution in [0.25, 0.3) is 10.9 Å². The summed E-state index contributed by atoms with van der Waals surface area (Å²) in [5, 5.41) is 14.4. The third-order valence-corrected chi connectivity index (χ3v) is 7.66. The number of urea groups is 1. The number of benzene rings is 2. The maximum atomic E-state index is 13.1. The maximum absolute atomic E-state index is 13.1. The number of aryl methyl sites for hydroxylation is 1. The third-order valence-electron chi connectivity index (χ3n) is 7.66. The number of likely N-dealkylation sites (tertiary alicyclic amines) is 1. The number of hydrogen-bond acceptors (Lipinski definition) is 5. The van der Waals surface area contributed by atoms with Crippen LogP contribution in [0.1, 0.15) is 41.4 Å². The van der Waals surface area contributed by atoms with Crippen molar-refractivity contribution in [2.75, 3.05) is 25.0 Å². The molecule has 1 fully saturated rings. The van der Waals surface area contributed by atoms with Crippen LogP contribution in [0.2, 0.25) is 0 Å². The molecule has 1 unspecified atom stereocenters. The second kappa shape index (κ2) is 10.3. The van der Waals surface area contributed by atoms with E-state index < -0.39 is 0 Å². The summed E-state index contributed by atoms with van der Waals surface area (Å²) in [6, 6.07) is 12.0. The number of hydrogen-bond donors (Lipinski definition) is 4. The molecule has 1 saturated heterocycles. The number of rotatable bonds is 7. The first-order valence-electron chi connectivity index (χ1n) is 13.1. The number of amides is 3. The summed E-state index contributed by atoms with van der Waals surface area (Å²) in [6.45, 7) is 4.54. The quantitative estimate of drug-likeness (QED) is 0.302. The molecule has 38 heavy (non-hydrogen) atoms. The number of carbonyl (C=O) groups is 2. The van der Waals surface area contributed by atoms with Gasteiger partial charge in [0.2, 0.25) is 5.91 Å². The Morgan fingerprint density at radius 3 is 2.87 bits per heavy atom. The molecule has 3 amide bonds. The summed E-state index contributed by atoms with van der Waals surface area (Å²) >= 11 is 0. The lowest BCUT2D eigenvalue weighted by Crippen LogP contribution is -2.51. The van der Waals surface area contributed by atoms with Crippen molar-refractivity contribution in [2.45, 2.75) is 44.8 Å². The number of carbonyl (C=O) groups excluding carboxylic acids is 2. The first kappa shape index (κ1) is 24.2. The van der Waals surface area contributed by atoms with Crippen molar-refractivity contribution < 1.29 is 9.59 Å². The molecule has 0 aliphatic carbocycles. The van der Waals surface area contributed by atoms with Gasteiger partial charge in [0.15, 0.2) is 0 Å².